The zero-order chi connectivity index (χ0) is 13.8. The third kappa shape index (κ3) is 8.40. The zero-order valence-electron chi connectivity index (χ0n) is 11.6. The Balaban J connectivity index is 1.95. The first-order valence-electron chi connectivity index (χ1n) is 7.19. The lowest BCUT2D eigenvalue weighted by Crippen LogP contribution is -1.99. The summed E-state index contributed by atoms with van der Waals surface area (Å²) in [5.41, 5.74) is 2.29. The number of halogens is 1. The van der Waals surface area contributed by atoms with Crippen LogP contribution in [0.3, 0.4) is 0 Å². The molecular formula is C16H25BrO2. The first-order valence-corrected chi connectivity index (χ1v) is 8.31. The van der Waals surface area contributed by atoms with Crippen LogP contribution in [0.15, 0.2) is 24.3 Å². The van der Waals surface area contributed by atoms with Crippen molar-refractivity contribution in [1.82, 2.24) is 0 Å². The highest BCUT2D eigenvalue weighted by molar-refractivity contribution is 9.09. The Kier molecular flexibility index (Phi) is 10.0. The van der Waals surface area contributed by atoms with Gasteiger partial charge in [0.15, 0.2) is 0 Å². The van der Waals surface area contributed by atoms with Gasteiger partial charge in [0.05, 0.1) is 6.61 Å². The summed E-state index contributed by atoms with van der Waals surface area (Å²) in [6.45, 7) is 1.87. The van der Waals surface area contributed by atoms with E-state index < -0.39 is 0 Å². The molecule has 0 spiro atoms. The fourth-order valence-corrected chi connectivity index (χ4v) is 2.34. The number of hydrogen-bond acceptors (Lipinski definition) is 2. The Bertz CT molecular complexity index is 311. The molecular weight excluding hydrogens is 304 g/mol. The highest BCUT2D eigenvalue weighted by Gasteiger charge is 1.95. The van der Waals surface area contributed by atoms with Crippen molar-refractivity contribution in [2.24, 2.45) is 0 Å². The molecule has 1 aromatic carbocycles. The molecule has 0 aromatic heterocycles. The Hall–Kier alpha value is -0.380. The Morgan fingerprint density at radius 3 is 2.16 bits per heavy atom. The highest BCUT2D eigenvalue weighted by atomic mass is 79.9. The van der Waals surface area contributed by atoms with Gasteiger partial charge in [0.1, 0.15) is 0 Å². The van der Waals surface area contributed by atoms with Crippen LogP contribution in [-0.2, 0) is 17.8 Å². The number of unbranched alkanes of at least 4 members (excludes halogenated alkanes) is 3. The topological polar surface area (TPSA) is 29.5 Å². The van der Waals surface area contributed by atoms with Gasteiger partial charge < -0.3 is 9.84 Å². The largest absolute Gasteiger partial charge is 0.392 e. The summed E-state index contributed by atoms with van der Waals surface area (Å²) >= 11 is 3.44. The summed E-state index contributed by atoms with van der Waals surface area (Å²) in [6, 6.07) is 8.15. The number of rotatable bonds is 11. The van der Waals surface area contributed by atoms with Crippen LogP contribution in [0.4, 0.5) is 0 Å². The fraction of sp³-hybridized carbons (Fsp3) is 0.625. The van der Waals surface area contributed by atoms with Crippen LogP contribution in [0.25, 0.3) is 0 Å². The Labute approximate surface area is 125 Å². The minimum atomic E-state index is 0.123. The van der Waals surface area contributed by atoms with Gasteiger partial charge in [-0.3, -0.25) is 0 Å². The van der Waals surface area contributed by atoms with Crippen molar-refractivity contribution in [3.05, 3.63) is 35.4 Å². The minimum absolute atomic E-state index is 0.123. The smallest absolute Gasteiger partial charge is 0.0681 e. The van der Waals surface area contributed by atoms with Crippen LogP contribution in [0.5, 0.6) is 0 Å². The summed E-state index contributed by atoms with van der Waals surface area (Å²) in [5, 5.41) is 10.1. The molecule has 1 aromatic rings. The van der Waals surface area contributed by atoms with Crippen LogP contribution in [0.2, 0.25) is 0 Å². The van der Waals surface area contributed by atoms with Gasteiger partial charge in [-0.05, 0) is 36.8 Å². The molecule has 0 saturated heterocycles. The zero-order valence-corrected chi connectivity index (χ0v) is 13.2. The first kappa shape index (κ1) is 16.7. The number of aliphatic hydroxyl groups is 1. The van der Waals surface area contributed by atoms with E-state index in [1.54, 1.807) is 0 Å². The Morgan fingerprint density at radius 2 is 1.47 bits per heavy atom. The van der Waals surface area contributed by atoms with E-state index in [-0.39, 0.29) is 6.61 Å². The predicted molar refractivity (Wildman–Crippen MR) is 83.8 cm³/mol. The first-order chi connectivity index (χ1) is 9.36. The molecule has 108 valence electrons. The molecule has 0 bridgehead atoms. The monoisotopic (exact) mass is 328 g/mol. The third-order valence-corrected chi connectivity index (χ3v) is 3.69. The second-order valence-corrected chi connectivity index (χ2v) is 5.59. The molecule has 3 heteroatoms. The molecule has 1 rings (SSSR count). The number of alkyl halides is 1. The van der Waals surface area contributed by atoms with Crippen molar-refractivity contribution in [2.45, 2.75) is 45.1 Å². The SMILES string of the molecule is OCc1ccc(CCCOCCCCCCBr)cc1. The van der Waals surface area contributed by atoms with Crippen molar-refractivity contribution < 1.29 is 9.84 Å². The van der Waals surface area contributed by atoms with E-state index in [1.165, 1.54) is 31.2 Å². The predicted octanol–water partition coefficient (Wildman–Crippen LogP) is 4.08. The lowest BCUT2D eigenvalue weighted by Gasteiger charge is -2.05. The molecule has 0 aliphatic heterocycles. The van der Waals surface area contributed by atoms with Gasteiger partial charge in [0, 0.05) is 18.5 Å². The summed E-state index contributed by atoms with van der Waals surface area (Å²) in [6.07, 6.45) is 7.14. The number of aryl methyl sites for hydroxylation is 1. The quantitative estimate of drug-likeness (QED) is 0.490. The van der Waals surface area contributed by atoms with E-state index in [0.717, 1.165) is 36.9 Å². The molecule has 0 aliphatic carbocycles. The van der Waals surface area contributed by atoms with E-state index in [1.807, 2.05) is 12.1 Å². The van der Waals surface area contributed by atoms with Gasteiger partial charge in [-0.15, -0.1) is 0 Å². The van der Waals surface area contributed by atoms with E-state index in [2.05, 4.69) is 28.1 Å². The highest BCUT2D eigenvalue weighted by Crippen LogP contribution is 2.07. The number of aliphatic hydroxyl groups excluding tert-OH is 1. The molecule has 0 unspecified atom stereocenters. The number of hydrogen-bond donors (Lipinski definition) is 1. The van der Waals surface area contributed by atoms with Crippen molar-refractivity contribution >= 4 is 15.9 Å². The molecule has 19 heavy (non-hydrogen) atoms. The average Bonchev–Trinajstić information content (AvgIpc) is 2.46. The van der Waals surface area contributed by atoms with E-state index in [4.69, 9.17) is 9.84 Å². The summed E-state index contributed by atoms with van der Waals surface area (Å²) in [5.74, 6) is 0. The molecule has 2 nitrogen and oxygen atoms in total. The van der Waals surface area contributed by atoms with Crippen LogP contribution in [-0.4, -0.2) is 23.7 Å². The standard InChI is InChI=1S/C16H25BrO2/c17-11-3-1-2-4-12-19-13-5-6-15-7-9-16(14-18)10-8-15/h7-10,18H,1-6,11-14H2. The maximum Gasteiger partial charge on any atom is 0.0681 e. The summed E-state index contributed by atoms with van der Waals surface area (Å²) in [7, 11) is 0. The lowest BCUT2D eigenvalue weighted by molar-refractivity contribution is 0.128. The van der Waals surface area contributed by atoms with Gasteiger partial charge in [-0.2, -0.15) is 0 Å². The molecule has 1 N–H and O–H groups in total. The van der Waals surface area contributed by atoms with Crippen molar-refractivity contribution in [3.8, 4) is 0 Å². The molecule has 0 amide bonds. The third-order valence-electron chi connectivity index (χ3n) is 3.13. The molecule has 0 heterocycles. The molecule has 0 radical (unpaired) electrons. The van der Waals surface area contributed by atoms with Gasteiger partial charge in [0.25, 0.3) is 0 Å². The second-order valence-electron chi connectivity index (χ2n) is 4.79. The lowest BCUT2D eigenvalue weighted by atomic mass is 10.1. The number of benzene rings is 1. The van der Waals surface area contributed by atoms with E-state index in [0.29, 0.717) is 0 Å². The van der Waals surface area contributed by atoms with Gasteiger partial charge in [-0.25, -0.2) is 0 Å². The maximum atomic E-state index is 8.96. The van der Waals surface area contributed by atoms with Crippen molar-refractivity contribution in [2.75, 3.05) is 18.5 Å². The van der Waals surface area contributed by atoms with Gasteiger partial charge in [0.2, 0.25) is 0 Å². The van der Waals surface area contributed by atoms with Crippen LogP contribution in [0.1, 0.15) is 43.2 Å². The molecule has 0 aliphatic rings. The van der Waals surface area contributed by atoms with Crippen molar-refractivity contribution in [1.29, 1.82) is 0 Å². The van der Waals surface area contributed by atoms with Crippen LogP contribution < -0.4 is 0 Å². The van der Waals surface area contributed by atoms with Crippen molar-refractivity contribution in [3.63, 3.8) is 0 Å². The average molecular weight is 329 g/mol. The van der Waals surface area contributed by atoms with E-state index in [9.17, 15) is 0 Å². The molecule has 0 atom stereocenters. The molecule has 0 fully saturated rings. The van der Waals surface area contributed by atoms with Gasteiger partial charge >= 0.3 is 0 Å². The summed E-state index contributed by atoms with van der Waals surface area (Å²) in [4.78, 5) is 0. The van der Waals surface area contributed by atoms with Gasteiger partial charge in [-0.1, -0.05) is 53.0 Å². The van der Waals surface area contributed by atoms with E-state index >= 15 is 0 Å². The van der Waals surface area contributed by atoms with Crippen LogP contribution in [0, 0.1) is 0 Å². The maximum absolute atomic E-state index is 8.96. The molecule has 0 saturated carbocycles. The second kappa shape index (κ2) is 11.4. The normalized spacial score (nSPS) is 10.8. The number of ether oxygens (including phenoxy) is 1. The Morgan fingerprint density at radius 1 is 0.842 bits per heavy atom. The van der Waals surface area contributed by atoms with Crippen LogP contribution >= 0.6 is 15.9 Å². The fourth-order valence-electron chi connectivity index (χ4n) is 1.94. The summed E-state index contributed by atoms with van der Waals surface area (Å²) < 4.78 is 5.63. The minimum Gasteiger partial charge on any atom is -0.392 e.